The van der Waals surface area contributed by atoms with Crippen molar-refractivity contribution in [1.29, 1.82) is 0 Å². The van der Waals surface area contributed by atoms with Crippen molar-refractivity contribution in [1.82, 2.24) is 19.1 Å². The van der Waals surface area contributed by atoms with Crippen LogP contribution in [0.25, 0.3) is 187 Å². The van der Waals surface area contributed by atoms with Crippen LogP contribution in [0.4, 0.5) is 0 Å². The second-order valence-corrected chi connectivity index (χ2v) is 29.9. The van der Waals surface area contributed by atoms with E-state index in [0.717, 1.165) is 68.1 Å². The van der Waals surface area contributed by atoms with Crippen LogP contribution in [0.15, 0.2) is 340 Å². The first-order valence-electron chi connectivity index (χ1n) is 37.6. The van der Waals surface area contributed by atoms with Gasteiger partial charge in [-0.3, -0.25) is 0 Å². The van der Waals surface area contributed by atoms with Gasteiger partial charge in [-0.2, -0.15) is 0 Å². The Kier molecular flexibility index (Phi) is 11.9. The highest BCUT2D eigenvalue weighted by Crippen LogP contribution is 2.69. The van der Waals surface area contributed by atoms with Crippen LogP contribution in [0.1, 0.15) is 51.4 Å². The molecule has 0 saturated heterocycles. The van der Waals surface area contributed by atoms with Crippen molar-refractivity contribution in [3.63, 3.8) is 0 Å². The molecule has 24 rings (SSSR count). The van der Waals surface area contributed by atoms with Gasteiger partial charge in [0.2, 0.25) is 0 Å². The zero-order valence-corrected chi connectivity index (χ0v) is 58.8. The number of para-hydroxylation sites is 3. The van der Waals surface area contributed by atoms with Gasteiger partial charge in [0.1, 0.15) is 11.6 Å². The monoisotopic (exact) mass is 1360 g/mol. The predicted octanol–water partition coefficient (Wildman–Crippen LogP) is 25.9. The Morgan fingerprint density at radius 1 is 0.262 bits per heavy atom. The lowest BCUT2D eigenvalue weighted by Crippen LogP contribution is -2.26. The average Bonchev–Trinajstić information content (AvgIpc) is 1.50. The zero-order chi connectivity index (χ0) is 70.1. The lowest BCUT2D eigenvalue weighted by atomic mass is 9.68. The van der Waals surface area contributed by atoms with E-state index >= 15 is 0 Å². The summed E-state index contributed by atoms with van der Waals surface area (Å²) >= 11 is 0. The molecule has 0 amide bonds. The van der Waals surface area contributed by atoms with E-state index in [1.54, 1.807) is 0 Å². The number of hydrogen-bond acceptors (Lipinski definition) is 2. The van der Waals surface area contributed by atoms with Crippen molar-refractivity contribution >= 4 is 86.7 Å². The van der Waals surface area contributed by atoms with E-state index in [1.165, 1.54) is 170 Å². The largest absolute Gasteiger partial charge is 0.327 e. The molecule has 2 aromatic heterocycles. The van der Waals surface area contributed by atoms with Gasteiger partial charge in [-0.15, -0.1) is 0 Å². The molecule has 0 N–H and O–H groups in total. The molecule has 0 bridgehead atoms. The van der Waals surface area contributed by atoms with Crippen molar-refractivity contribution in [2.24, 2.45) is 7.05 Å². The normalized spacial score (nSPS) is 13.7. The Balaban J connectivity index is 0.642. The second kappa shape index (κ2) is 21.5. The molecule has 4 aliphatic carbocycles. The van der Waals surface area contributed by atoms with Gasteiger partial charge >= 0.3 is 0 Å². The molecule has 0 radical (unpaired) electrons. The van der Waals surface area contributed by atoms with E-state index in [1.807, 2.05) is 0 Å². The first-order chi connectivity index (χ1) is 52.9. The SMILES string of the molecule is CCn1c(-c2cccc(-c3ccc4c5c(ccc4c3)-c3c(c4ccccc4c4cc(-c6cccc7nc(-c8cccc(-c9ccc%10c%11c(ccc%10c9)-c9c(c%10ccccc%10c%10ccccc9%10)C%119c%10ccccc%10-c%10ccccc%109)c8)n(C)c67)ccc34)C53c4ccccc4-c4ccccc43)c2)nc2ccccc21. The van der Waals surface area contributed by atoms with E-state index < -0.39 is 10.8 Å². The minimum Gasteiger partial charge on any atom is -0.327 e. The number of aromatic nitrogens is 4. The molecule has 0 fully saturated rings. The standard InChI is InChI=1S/C103H64N4/c1-3-107-92-44-19-18-42-90(92)104-101(107)68-26-21-24-61(58-68)63-46-51-70-65(56-63)49-54-84-94-80-52-47-66(59-85(80)74-29-6-9-36-82(74)98(94)103(96(70)84)88-40-16-12-32-77(88)78-33-13-17-41-89(78)103)71-37-22-43-91-99(71)106(2)100(105-91)67-25-20-23-60(57-67)62-45-50-69-64(55-62)48-53-83-93-79-34-7-4-27-72(79)73-28-5-8-35-81(73)97(93)102(95(69)83)86-38-14-10-30-75(86)76-31-11-15-39-87(76)102/h4-59H,3H2,1-2H3. The third kappa shape index (κ3) is 7.60. The lowest BCUT2D eigenvalue weighted by molar-refractivity contribution is 0.796. The summed E-state index contributed by atoms with van der Waals surface area (Å²) < 4.78 is 4.66. The van der Waals surface area contributed by atoms with Crippen molar-refractivity contribution < 1.29 is 0 Å². The fourth-order valence-electron chi connectivity index (χ4n) is 20.9. The summed E-state index contributed by atoms with van der Waals surface area (Å²) in [6.07, 6.45) is 0. The van der Waals surface area contributed by atoms with Crippen molar-refractivity contribution in [2.75, 3.05) is 0 Å². The molecule has 0 aliphatic heterocycles. The van der Waals surface area contributed by atoms with Gasteiger partial charge in [0.15, 0.2) is 0 Å². The molecule has 107 heavy (non-hydrogen) atoms. The van der Waals surface area contributed by atoms with Gasteiger partial charge in [-0.25, -0.2) is 9.97 Å². The molecular weight excluding hydrogens is 1290 g/mol. The van der Waals surface area contributed by atoms with Crippen molar-refractivity contribution in [3.8, 4) is 101 Å². The van der Waals surface area contributed by atoms with E-state index in [4.69, 9.17) is 9.97 Å². The highest BCUT2D eigenvalue weighted by atomic mass is 15.1. The summed E-state index contributed by atoms with van der Waals surface area (Å²) in [5, 5.41) is 15.2. The van der Waals surface area contributed by atoms with Crippen molar-refractivity contribution in [2.45, 2.75) is 24.3 Å². The molecule has 0 unspecified atom stereocenters. The van der Waals surface area contributed by atoms with Gasteiger partial charge in [0.25, 0.3) is 0 Å². The fourth-order valence-corrected chi connectivity index (χ4v) is 20.9. The first kappa shape index (κ1) is 58.9. The molecule has 4 aliphatic rings. The second-order valence-electron chi connectivity index (χ2n) is 29.9. The van der Waals surface area contributed by atoms with Crippen LogP contribution in [-0.4, -0.2) is 19.1 Å². The topological polar surface area (TPSA) is 35.6 Å². The smallest absolute Gasteiger partial charge is 0.141 e. The Bertz CT molecular complexity index is 7310. The van der Waals surface area contributed by atoms with Crippen LogP contribution < -0.4 is 0 Å². The molecule has 496 valence electrons. The minimum absolute atomic E-state index is 0.538. The number of nitrogens with zero attached hydrogens (tertiary/aromatic N) is 4. The van der Waals surface area contributed by atoms with Crippen LogP contribution in [0.5, 0.6) is 0 Å². The van der Waals surface area contributed by atoms with Gasteiger partial charge in [0.05, 0.1) is 32.9 Å². The minimum atomic E-state index is -0.605. The van der Waals surface area contributed by atoms with Crippen LogP contribution in [0.3, 0.4) is 0 Å². The maximum atomic E-state index is 5.53. The number of aryl methyl sites for hydroxylation is 2. The third-order valence-electron chi connectivity index (χ3n) is 25.0. The summed E-state index contributed by atoms with van der Waals surface area (Å²) in [5.74, 6) is 1.92. The van der Waals surface area contributed by atoms with E-state index in [-0.39, 0.29) is 0 Å². The number of fused-ring (bicyclic) bond motifs is 36. The highest BCUT2D eigenvalue weighted by Gasteiger charge is 2.56. The molecule has 20 aromatic rings. The predicted molar refractivity (Wildman–Crippen MR) is 444 cm³/mol. The Morgan fingerprint density at radius 3 is 1.21 bits per heavy atom. The van der Waals surface area contributed by atoms with Gasteiger partial charge in [-0.1, -0.05) is 291 Å². The molecule has 0 atom stereocenters. The molecule has 0 saturated carbocycles. The number of imidazole rings is 2. The van der Waals surface area contributed by atoms with E-state index in [0.29, 0.717) is 0 Å². The average molecular weight is 1360 g/mol. The van der Waals surface area contributed by atoms with Crippen LogP contribution in [0, 0.1) is 0 Å². The van der Waals surface area contributed by atoms with E-state index in [9.17, 15) is 0 Å². The summed E-state index contributed by atoms with van der Waals surface area (Å²) in [7, 11) is 2.20. The Hall–Kier alpha value is -13.5. The highest BCUT2D eigenvalue weighted by molar-refractivity contribution is 6.24. The summed E-state index contributed by atoms with van der Waals surface area (Å²) in [4.78, 5) is 10.7. The molecular formula is C103H64N4. The number of hydrogen-bond donors (Lipinski definition) is 0. The summed E-state index contributed by atoms with van der Waals surface area (Å²) in [5.41, 5.74) is 33.5. The maximum absolute atomic E-state index is 5.53. The zero-order valence-electron chi connectivity index (χ0n) is 58.8. The molecule has 18 aromatic carbocycles. The first-order valence-corrected chi connectivity index (χ1v) is 37.6. The Morgan fingerprint density at radius 2 is 0.654 bits per heavy atom. The summed E-state index contributed by atoms with van der Waals surface area (Å²) in [6.45, 7) is 3.04. The van der Waals surface area contributed by atoms with Crippen LogP contribution in [-0.2, 0) is 24.4 Å². The summed E-state index contributed by atoms with van der Waals surface area (Å²) in [6, 6.07) is 129. The molecule has 2 heterocycles. The van der Waals surface area contributed by atoms with Gasteiger partial charge in [0, 0.05) is 30.3 Å². The maximum Gasteiger partial charge on any atom is 0.141 e. The lowest BCUT2D eigenvalue weighted by Gasteiger charge is -2.32. The Labute approximate surface area is 618 Å². The van der Waals surface area contributed by atoms with Gasteiger partial charge < -0.3 is 9.13 Å². The van der Waals surface area contributed by atoms with Crippen LogP contribution in [0.2, 0.25) is 0 Å². The molecule has 2 spiro atoms. The van der Waals surface area contributed by atoms with E-state index in [2.05, 4.69) is 363 Å². The van der Waals surface area contributed by atoms with Crippen molar-refractivity contribution in [3.05, 3.63) is 384 Å². The fraction of sp³-hybridized carbons (Fsp3) is 0.0485. The molecule has 4 nitrogen and oxygen atoms in total. The van der Waals surface area contributed by atoms with Gasteiger partial charge in [-0.05, 0) is 237 Å². The third-order valence-corrected chi connectivity index (χ3v) is 25.0. The quantitative estimate of drug-likeness (QED) is 0.156. The van der Waals surface area contributed by atoms with Crippen LogP contribution >= 0.6 is 0 Å². The molecule has 4 heteroatoms. The number of rotatable bonds is 6. The number of benzene rings is 18.